The summed E-state index contributed by atoms with van der Waals surface area (Å²) in [6.07, 6.45) is 1.41. The van der Waals surface area contributed by atoms with Crippen LogP contribution >= 0.6 is 11.6 Å². The van der Waals surface area contributed by atoms with Crippen LogP contribution in [-0.2, 0) is 0 Å². The lowest BCUT2D eigenvalue weighted by Gasteiger charge is -2.04. The first-order valence-electron chi connectivity index (χ1n) is 7.36. The van der Waals surface area contributed by atoms with Gasteiger partial charge in [-0.25, -0.2) is 5.43 Å². The quantitative estimate of drug-likeness (QED) is 0.540. The first-order chi connectivity index (χ1) is 12.1. The fourth-order valence-electron chi connectivity index (χ4n) is 2.14. The topological polar surface area (TPSA) is 92.5 Å². The van der Waals surface area contributed by atoms with E-state index in [0.29, 0.717) is 22.3 Å². The molecule has 0 radical (unpaired) electrons. The molecule has 25 heavy (non-hydrogen) atoms. The molecular weight excluding hydrogens is 344 g/mol. The van der Waals surface area contributed by atoms with Gasteiger partial charge in [0.05, 0.1) is 18.3 Å². The standard InChI is InChI=1S/C17H15ClN4O3/c1-10-7-14(21-20-10)17(23)22-19-9-12-4-6-15(25-12)11-3-5-16(24-2)13(18)8-11/h3-9H,1-2H3,(H,20,21)(H,22,23). The van der Waals surface area contributed by atoms with Crippen LogP contribution in [0.15, 0.2) is 45.9 Å². The molecule has 1 amide bonds. The Kier molecular flexibility index (Phi) is 4.85. The second-order valence-electron chi connectivity index (χ2n) is 5.19. The number of aromatic nitrogens is 2. The van der Waals surface area contributed by atoms with Gasteiger partial charge in [0.1, 0.15) is 17.3 Å². The van der Waals surface area contributed by atoms with Gasteiger partial charge in [0.2, 0.25) is 0 Å². The number of amides is 1. The number of aryl methyl sites for hydroxylation is 1. The van der Waals surface area contributed by atoms with Gasteiger partial charge in [0.25, 0.3) is 5.91 Å². The molecule has 8 heteroatoms. The monoisotopic (exact) mass is 358 g/mol. The van der Waals surface area contributed by atoms with Gasteiger partial charge in [-0.2, -0.15) is 10.2 Å². The van der Waals surface area contributed by atoms with Crippen LogP contribution in [0.5, 0.6) is 5.75 Å². The van der Waals surface area contributed by atoms with E-state index in [1.54, 1.807) is 37.4 Å². The number of rotatable bonds is 5. The van der Waals surface area contributed by atoms with Crippen molar-refractivity contribution in [2.45, 2.75) is 6.92 Å². The van der Waals surface area contributed by atoms with Crippen molar-refractivity contribution in [3.05, 3.63) is 58.6 Å². The average molecular weight is 359 g/mol. The molecule has 0 unspecified atom stereocenters. The number of carbonyl (C=O) groups is 1. The minimum absolute atomic E-state index is 0.266. The summed E-state index contributed by atoms with van der Waals surface area (Å²) < 4.78 is 10.8. The van der Waals surface area contributed by atoms with Crippen molar-refractivity contribution in [2.24, 2.45) is 5.10 Å². The lowest BCUT2D eigenvalue weighted by Crippen LogP contribution is -2.17. The Morgan fingerprint density at radius 3 is 2.88 bits per heavy atom. The molecule has 3 aromatic rings. The largest absolute Gasteiger partial charge is 0.495 e. The highest BCUT2D eigenvalue weighted by molar-refractivity contribution is 6.32. The van der Waals surface area contributed by atoms with E-state index >= 15 is 0 Å². The van der Waals surface area contributed by atoms with E-state index in [1.807, 2.05) is 13.0 Å². The van der Waals surface area contributed by atoms with Crippen molar-refractivity contribution in [3.8, 4) is 17.1 Å². The summed E-state index contributed by atoms with van der Waals surface area (Å²) in [5.41, 5.74) is 4.25. The van der Waals surface area contributed by atoms with E-state index in [-0.39, 0.29) is 5.69 Å². The van der Waals surface area contributed by atoms with Gasteiger partial charge in [-0.3, -0.25) is 9.89 Å². The maximum atomic E-state index is 11.8. The van der Waals surface area contributed by atoms with Crippen molar-refractivity contribution in [2.75, 3.05) is 7.11 Å². The van der Waals surface area contributed by atoms with Crippen LogP contribution in [-0.4, -0.2) is 29.4 Å². The summed E-state index contributed by atoms with van der Waals surface area (Å²) in [5, 5.41) is 10.9. The summed E-state index contributed by atoms with van der Waals surface area (Å²) in [5.74, 6) is 1.30. The Morgan fingerprint density at radius 2 is 2.20 bits per heavy atom. The van der Waals surface area contributed by atoms with Crippen molar-refractivity contribution in [3.63, 3.8) is 0 Å². The second kappa shape index (κ2) is 7.23. The van der Waals surface area contributed by atoms with Crippen molar-refractivity contribution in [1.82, 2.24) is 15.6 Å². The number of carbonyl (C=O) groups excluding carboxylic acids is 1. The first-order valence-corrected chi connectivity index (χ1v) is 7.74. The Morgan fingerprint density at radius 1 is 1.36 bits per heavy atom. The van der Waals surface area contributed by atoms with Crippen LogP contribution in [0.3, 0.4) is 0 Å². The molecule has 0 saturated carbocycles. The molecule has 0 aliphatic carbocycles. The molecule has 3 rings (SSSR count). The van der Waals surface area contributed by atoms with Crippen LogP contribution in [0, 0.1) is 6.92 Å². The van der Waals surface area contributed by atoms with Crippen LogP contribution in [0.1, 0.15) is 21.9 Å². The molecule has 128 valence electrons. The van der Waals surface area contributed by atoms with Crippen LogP contribution in [0.2, 0.25) is 5.02 Å². The number of benzene rings is 1. The molecule has 0 aliphatic heterocycles. The molecule has 0 atom stereocenters. The Hall–Kier alpha value is -3.06. The smallest absolute Gasteiger partial charge is 0.291 e. The maximum absolute atomic E-state index is 11.8. The first kappa shape index (κ1) is 16.8. The molecular formula is C17H15ClN4O3. The third-order valence-electron chi connectivity index (χ3n) is 3.36. The van der Waals surface area contributed by atoms with Gasteiger partial charge < -0.3 is 9.15 Å². The number of nitrogens with zero attached hydrogens (tertiary/aromatic N) is 2. The molecule has 0 bridgehead atoms. The fraction of sp³-hybridized carbons (Fsp3) is 0.118. The van der Waals surface area contributed by atoms with Crippen LogP contribution in [0.25, 0.3) is 11.3 Å². The third kappa shape index (κ3) is 3.89. The number of halogens is 1. The summed E-state index contributed by atoms with van der Waals surface area (Å²) in [6, 6.07) is 10.5. The van der Waals surface area contributed by atoms with E-state index in [4.69, 9.17) is 20.8 Å². The Labute approximate surface area is 148 Å². The van der Waals surface area contributed by atoms with E-state index in [0.717, 1.165) is 11.3 Å². The number of hydrazone groups is 1. The predicted octanol–water partition coefficient (Wildman–Crippen LogP) is 3.40. The minimum atomic E-state index is -0.408. The van der Waals surface area contributed by atoms with E-state index in [2.05, 4.69) is 20.7 Å². The van der Waals surface area contributed by atoms with Gasteiger partial charge >= 0.3 is 0 Å². The SMILES string of the molecule is COc1ccc(-c2ccc(C=NNC(=O)c3cc(C)[nH]n3)o2)cc1Cl. The van der Waals surface area contributed by atoms with Crippen molar-refractivity contribution >= 4 is 23.7 Å². The molecule has 0 aliphatic rings. The number of hydrogen-bond donors (Lipinski definition) is 2. The molecule has 7 nitrogen and oxygen atoms in total. The highest BCUT2D eigenvalue weighted by atomic mass is 35.5. The normalized spacial score (nSPS) is 11.0. The Balaban J connectivity index is 1.67. The minimum Gasteiger partial charge on any atom is -0.495 e. The summed E-state index contributed by atoms with van der Waals surface area (Å²) in [7, 11) is 1.56. The zero-order valence-corrected chi connectivity index (χ0v) is 14.3. The summed E-state index contributed by atoms with van der Waals surface area (Å²) in [6.45, 7) is 1.81. The van der Waals surface area contributed by atoms with Crippen molar-refractivity contribution in [1.29, 1.82) is 0 Å². The number of hydrogen-bond acceptors (Lipinski definition) is 5. The van der Waals surface area contributed by atoms with E-state index in [9.17, 15) is 4.79 Å². The van der Waals surface area contributed by atoms with Gasteiger partial charge in [0, 0.05) is 11.3 Å². The fourth-order valence-corrected chi connectivity index (χ4v) is 2.40. The van der Waals surface area contributed by atoms with Crippen LogP contribution < -0.4 is 10.2 Å². The highest BCUT2D eigenvalue weighted by Crippen LogP contribution is 2.30. The van der Waals surface area contributed by atoms with Crippen LogP contribution in [0.4, 0.5) is 0 Å². The molecule has 2 aromatic heterocycles. The Bertz CT molecular complexity index is 930. The van der Waals surface area contributed by atoms with Gasteiger partial charge in [-0.15, -0.1) is 0 Å². The third-order valence-corrected chi connectivity index (χ3v) is 3.65. The molecule has 0 spiro atoms. The lowest BCUT2D eigenvalue weighted by molar-refractivity contribution is 0.0950. The zero-order valence-electron chi connectivity index (χ0n) is 13.5. The number of nitrogens with one attached hydrogen (secondary N) is 2. The molecule has 2 heterocycles. The molecule has 0 saturated heterocycles. The van der Waals surface area contributed by atoms with Crippen molar-refractivity contribution < 1.29 is 13.9 Å². The van der Waals surface area contributed by atoms with E-state index < -0.39 is 5.91 Å². The average Bonchev–Trinajstić information content (AvgIpc) is 3.24. The number of ether oxygens (including phenoxy) is 1. The summed E-state index contributed by atoms with van der Waals surface area (Å²) in [4.78, 5) is 11.8. The van der Waals surface area contributed by atoms with Gasteiger partial charge in [-0.05, 0) is 43.3 Å². The molecule has 0 fully saturated rings. The number of methoxy groups -OCH3 is 1. The maximum Gasteiger partial charge on any atom is 0.291 e. The lowest BCUT2D eigenvalue weighted by atomic mass is 10.2. The highest BCUT2D eigenvalue weighted by Gasteiger charge is 2.09. The van der Waals surface area contributed by atoms with Gasteiger partial charge in [-0.1, -0.05) is 11.6 Å². The molecule has 2 N–H and O–H groups in total. The van der Waals surface area contributed by atoms with Gasteiger partial charge in [0.15, 0.2) is 5.69 Å². The van der Waals surface area contributed by atoms with E-state index in [1.165, 1.54) is 6.21 Å². The number of furan rings is 1. The second-order valence-corrected chi connectivity index (χ2v) is 5.59. The summed E-state index contributed by atoms with van der Waals surface area (Å²) >= 11 is 6.12. The number of H-pyrrole nitrogens is 1. The predicted molar refractivity (Wildman–Crippen MR) is 94.1 cm³/mol. The zero-order chi connectivity index (χ0) is 17.8. The molecule has 1 aromatic carbocycles. The number of aromatic amines is 1.